The van der Waals surface area contributed by atoms with Crippen molar-refractivity contribution >= 4 is 15.9 Å². The highest BCUT2D eigenvalue weighted by molar-refractivity contribution is 7.88. The van der Waals surface area contributed by atoms with Crippen molar-refractivity contribution in [2.24, 2.45) is 11.8 Å². The quantitative estimate of drug-likeness (QED) is 0.753. The summed E-state index contributed by atoms with van der Waals surface area (Å²) in [5.41, 5.74) is 1.27. The van der Waals surface area contributed by atoms with Gasteiger partial charge in [-0.25, -0.2) is 13.1 Å². The molecule has 3 atom stereocenters. The Hall–Kier alpha value is -0.920. The molecule has 0 aromatic heterocycles. The van der Waals surface area contributed by atoms with E-state index in [9.17, 15) is 13.2 Å². The van der Waals surface area contributed by atoms with E-state index >= 15 is 0 Å². The first-order valence-corrected chi connectivity index (χ1v) is 10.3. The first kappa shape index (κ1) is 16.9. The second-order valence-electron chi connectivity index (χ2n) is 7.00. The van der Waals surface area contributed by atoms with Gasteiger partial charge in [0.2, 0.25) is 15.9 Å². The molecule has 2 heterocycles. The number of likely N-dealkylation sites (tertiary alicyclic amines) is 1. The number of carbonyl (C=O) groups excluding carboxylic acids is 1. The molecule has 23 heavy (non-hydrogen) atoms. The van der Waals surface area contributed by atoms with Gasteiger partial charge in [-0.1, -0.05) is 11.6 Å². The van der Waals surface area contributed by atoms with Crippen molar-refractivity contribution in [1.82, 2.24) is 9.62 Å². The minimum absolute atomic E-state index is 0.0608. The van der Waals surface area contributed by atoms with Crippen LogP contribution in [0, 0.1) is 11.8 Å². The molecule has 0 unspecified atom stereocenters. The van der Waals surface area contributed by atoms with Crippen LogP contribution in [0.3, 0.4) is 0 Å². The molecule has 0 radical (unpaired) electrons. The zero-order chi connectivity index (χ0) is 16.4. The Bertz CT molecular complexity index is 587. The van der Waals surface area contributed by atoms with Gasteiger partial charge in [-0.05, 0) is 25.7 Å². The molecule has 0 aromatic carbocycles. The topological polar surface area (TPSA) is 75.7 Å². The molecule has 0 aromatic rings. The van der Waals surface area contributed by atoms with E-state index < -0.39 is 10.0 Å². The fourth-order valence-corrected chi connectivity index (χ4v) is 4.36. The Kier molecular flexibility index (Phi) is 5.08. The van der Waals surface area contributed by atoms with Crippen LogP contribution in [0.25, 0.3) is 0 Å². The Morgan fingerprint density at radius 2 is 2.22 bits per heavy atom. The van der Waals surface area contributed by atoms with Gasteiger partial charge >= 0.3 is 0 Å². The van der Waals surface area contributed by atoms with Crippen LogP contribution in [0.15, 0.2) is 11.6 Å². The number of hydrogen-bond donors (Lipinski definition) is 1. The third-order valence-corrected chi connectivity index (χ3v) is 5.85. The molecule has 2 aliphatic heterocycles. The first-order valence-electron chi connectivity index (χ1n) is 8.44. The molecule has 1 N–H and O–H groups in total. The largest absolute Gasteiger partial charge is 0.376 e. The molecular weight excluding hydrogens is 316 g/mol. The van der Waals surface area contributed by atoms with E-state index in [0.717, 1.165) is 12.8 Å². The summed E-state index contributed by atoms with van der Waals surface area (Å²) < 4.78 is 30.9. The van der Waals surface area contributed by atoms with Crippen molar-refractivity contribution < 1.29 is 17.9 Å². The van der Waals surface area contributed by atoms with Gasteiger partial charge in [-0.2, -0.15) is 0 Å². The van der Waals surface area contributed by atoms with Gasteiger partial charge in [-0.3, -0.25) is 4.79 Å². The predicted molar refractivity (Wildman–Crippen MR) is 87.3 cm³/mol. The molecule has 0 bridgehead atoms. The van der Waals surface area contributed by atoms with Crippen molar-refractivity contribution in [2.75, 3.05) is 32.5 Å². The lowest BCUT2D eigenvalue weighted by molar-refractivity contribution is -0.130. The van der Waals surface area contributed by atoms with E-state index in [1.165, 1.54) is 24.7 Å². The van der Waals surface area contributed by atoms with E-state index in [1.807, 2.05) is 4.90 Å². The number of hydrogen-bond acceptors (Lipinski definition) is 4. The van der Waals surface area contributed by atoms with Crippen LogP contribution in [0.4, 0.5) is 0 Å². The second-order valence-corrected chi connectivity index (χ2v) is 8.83. The number of carbonyl (C=O) groups is 1. The molecule has 130 valence electrons. The zero-order valence-electron chi connectivity index (χ0n) is 13.7. The Balaban J connectivity index is 1.53. The maximum atomic E-state index is 12.5. The zero-order valence-corrected chi connectivity index (χ0v) is 14.5. The molecular formula is C16H26N2O4S. The first-order chi connectivity index (χ1) is 10.9. The van der Waals surface area contributed by atoms with Crippen LogP contribution in [0.1, 0.15) is 32.1 Å². The lowest BCUT2D eigenvalue weighted by Crippen LogP contribution is -2.35. The molecule has 6 nitrogen and oxygen atoms in total. The summed E-state index contributed by atoms with van der Waals surface area (Å²) in [7, 11) is -3.18. The van der Waals surface area contributed by atoms with Gasteiger partial charge in [0, 0.05) is 37.9 Å². The number of nitrogens with one attached hydrogen (secondary N) is 1. The van der Waals surface area contributed by atoms with E-state index in [2.05, 4.69) is 10.8 Å². The van der Waals surface area contributed by atoms with E-state index in [0.29, 0.717) is 32.7 Å². The molecule has 2 saturated heterocycles. The average Bonchev–Trinajstić information content (AvgIpc) is 3.06. The second kappa shape index (κ2) is 6.91. The van der Waals surface area contributed by atoms with Gasteiger partial charge < -0.3 is 9.64 Å². The number of ether oxygens (including phenoxy) is 1. The maximum absolute atomic E-state index is 12.5. The monoisotopic (exact) mass is 342 g/mol. The smallest absolute Gasteiger partial charge is 0.226 e. The van der Waals surface area contributed by atoms with Crippen molar-refractivity contribution in [2.45, 2.75) is 38.2 Å². The molecule has 3 aliphatic rings. The predicted octanol–water partition coefficient (Wildman–Crippen LogP) is 0.900. The highest BCUT2D eigenvalue weighted by atomic mass is 32.2. The molecule has 0 spiro atoms. The summed E-state index contributed by atoms with van der Waals surface area (Å²) in [6.45, 7) is 2.30. The molecule has 1 aliphatic carbocycles. The fourth-order valence-electron chi connectivity index (χ4n) is 3.84. The summed E-state index contributed by atoms with van der Waals surface area (Å²) in [6, 6.07) is 0. The number of rotatable bonds is 5. The van der Waals surface area contributed by atoms with E-state index in [4.69, 9.17) is 4.74 Å². The van der Waals surface area contributed by atoms with Crippen LogP contribution in [0.2, 0.25) is 0 Å². The Morgan fingerprint density at radius 3 is 2.91 bits per heavy atom. The van der Waals surface area contributed by atoms with Crippen molar-refractivity contribution in [3.63, 3.8) is 0 Å². The summed E-state index contributed by atoms with van der Waals surface area (Å²) in [4.78, 5) is 14.4. The van der Waals surface area contributed by atoms with E-state index in [1.54, 1.807) is 0 Å². The standard InChI is InChI=1S/C16H26N2O4S/c1-23(20,21)17-8-13-11-22-15-10-18(9-14(13)15)16(19)7-12-5-3-2-4-6-12/h5,13-15,17H,2-4,6-11H2,1H3/t13-,14-,15-/m1/s1. The lowest BCUT2D eigenvalue weighted by atomic mass is 9.93. The summed E-state index contributed by atoms with van der Waals surface area (Å²) in [5, 5.41) is 0. The van der Waals surface area contributed by atoms with Crippen molar-refractivity contribution in [1.29, 1.82) is 0 Å². The van der Waals surface area contributed by atoms with Gasteiger partial charge in [0.15, 0.2) is 0 Å². The van der Waals surface area contributed by atoms with Crippen LogP contribution < -0.4 is 4.72 Å². The Morgan fingerprint density at radius 1 is 1.39 bits per heavy atom. The molecule has 0 saturated carbocycles. The number of sulfonamides is 1. The van der Waals surface area contributed by atoms with Gasteiger partial charge in [0.25, 0.3) is 0 Å². The lowest BCUT2D eigenvalue weighted by Gasteiger charge is -2.21. The minimum Gasteiger partial charge on any atom is -0.376 e. The molecule has 3 rings (SSSR count). The number of fused-ring (bicyclic) bond motifs is 1. The molecule has 7 heteroatoms. The van der Waals surface area contributed by atoms with Crippen LogP contribution >= 0.6 is 0 Å². The number of nitrogens with zero attached hydrogens (tertiary/aromatic N) is 1. The molecule has 2 fully saturated rings. The third-order valence-electron chi connectivity index (χ3n) is 5.16. The highest BCUT2D eigenvalue weighted by Crippen LogP contribution is 2.34. The minimum atomic E-state index is -3.18. The van der Waals surface area contributed by atoms with Crippen molar-refractivity contribution in [3.05, 3.63) is 11.6 Å². The fraction of sp³-hybridized carbons (Fsp3) is 0.812. The van der Waals surface area contributed by atoms with Crippen molar-refractivity contribution in [3.8, 4) is 0 Å². The van der Waals surface area contributed by atoms with Gasteiger partial charge in [0.05, 0.1) is 19.0 Å². The summed E-state index contributed by atoms with van der Waals surface area (Å²) in [6.07, 6.45) is 8.54. The molecule has 1 amide bonds. The van der Waals surface area contributed by atoms with Crippen LogP contribution in [-0.2, 0) is 19.6 Å². The number of allylic oxidation sites excluding steroid dienone is 1. The van der Waals surface area contributed by atoms with E-state index in [-0.39, 0.29) is 23.8 Å². The normalized spacial score (nSPS) is 31.1. The summed E-state index contributed by atoms with van der Waals surface area (Å²) in [5.74, 6) is 0.584. The SMILES string of the molecule is CS(=O)(=O)NC[C@@H]1CO[C@@H]2CN(C(=O)CC3=CCCCC3)C[C@H]12. The third kappa shape index (κ3) is 4.33. The van der Waals surface area contributed by atoms with Gasteiger partial charge in [-0.15, -0.1) is 0 Å². The maximum Gasteiger partial charge on any atom is 0.226 e. The van der Waals surface area contributed by atoms with Gasteiger partial charge in [0.1, 0.15) is 0 Å². The summed E-state index contributed by atoms with van der Waals surface area (Å²) >= 11 is 0. The Labute approximate surface area is 138 Å². The van der Waals surface area contributed by atoms with Crippen LogP contribution in [0.5, 0.6) is 0 Å². The average molecular weight is 342 g/mol. The number of amides is 1. The highest BCUT2D eigenvalue weighted by Gasteiger charge is 2.45. The van der Waals surface area contributed by atoms with Crippen LogP contribution in [-0.4, -0.2) is 57.8 Å².